The molecule has 7 heteroatoms. The second kappa shape index (κ2) is 8.88. The summed E-state index contributed by atoms with van der Waals surface area (Å²) in [5.74, 6) is 0.184. The Morgan fingerprint density at radius 3 is 2.61 bits per heavy atom. The van der Waals surface area contributed by atoms with Crippen molar-refractivity contribution in [2.75, 3.05) is 11.5 Å². The summed E-state index contributed by atoms with van der Waals surface area (Å²) in [5.41, 5.74) is 2.72. The highest BCUT2D eigenvalue weighted by Crippen LogP contribution is 2.34. The lowest BCUT2D eigenvalue weighted by molar-refractivity contribution is -0.119. The lowest BCUT2D eigenvalue weighted by atomic mass is 10.1. The number of ether oxygens (including phenoxy) is 1. The molecule has 0 atom stereocenters. The van der Waals surface area contributed by atoms with E-state index in [4.69, 9.17) is 9.15 Å². The van der Waals surface area contributed by atoms with Gasteiger partial charge in [-0.3, -0.25) is 9.69 Å². The summed E-state index contributed by atoms with van der Waals surface area (Å²) in [6.45, 7) is 1.89. The molecule has 0 fully saturated rings. The number of nitrogens with zero attached hydrogens (tertiary/aromatic N) is 2. The largest absolute Gasteiger partial charge is 0.484 e. The number of aryl methyl sites for hydroxylation is 1. The summed E-state index contributed by atoms with van der Waals surface area (Å²) >= 11 is 1.45. The standard InChI is InChI=1S/C26H20N2O4S/c1-2-17-7-11-19(12-8-17)28(26-27-21-5-3-4-6-23(21)33-26)24(29)16-31-20-13-9-18-10-14-25(30)32-22(18)15-20/h3-15H,2,16H2,1H3. The summed E-state index contributed by atoms with van der Waals surface area (Å²) in [6, 6.07) is 23.9. The first kappa shape index (κ1) is 20.9. The normalized spacial score (nSPS) is 11.1. The fraction of sp³-hybridized carbons (Fsp3) is 0.115. The maximum absolute atomic E-state index is 13.4. The van der Waals surface area contributed by atoms with Crippen molar-refractivity contribution >= 4 is 49.2 Å². The highest BCUT2D eigenvalue weighted by atomic mass is 32.1. The Labute approximate surface area is 193 Å². The van der Waals surface area contributed by atoms with Crippen molar-refractivity contribution in [3.05, 3.63) is 94.8 Å². The van der Waals surface area contributed by atoms with E-state index in [9.17, 15) is 9.59 Å². The molecule has 0 N–H and O–H groups in total. The quantitative estimate of drug-likeness (QED) is 0.306. The zero-order chi connectivity index (χ0) is 22.8. The molecule has 1 amide bonds. The van der Waals surface area contributed by atoms with Crippen LogP contribution >= 0.6 is 11.3 Å². The van der Waals surface area contributed by atoms with Crippen molar-refractivity contribution in [1.82, 2.24) is 4.98 Å². The molecule has 0 aliphatic heterocycles. The van der Waals surface area contributed by atoms with Crippen molar-refractivity contribution in [3.63, 3.8) is 0 Å². The molecule has 33 heavy (non-hydrogen) atoms. The van der Waals surface area contributed by atoms with Gasteiger partial charge in [-0.2, -0.15) is 0 Å². The van der Waals surface area contributed by atoms with Crippen LogP contribution in [0.4, 0.5) is 10.8 Å². The highest BCUT2D eigenvalue weighted by molar-refractivity contribution is 7.22. The van der Waals surface area contributed by atoms with Gasteiger partial charge in [-0.25, -0.2) is 9.78 Å². The monoisotopic (exact) mass is 456 g/mol. The summed E-state index contributed by atoms with van der Waals surface area (Å²) in [6.07, 6.45) is 0.913. The molecule has 5 rings (SSSR count). The van der Waals surface area contributed by atoms with Crippen LogP contribution in [0, 0.1) is 0 Å². The SMILES string of the molecule is CCc1ccc(N(C(=O)COc2ccc3ccc(=O)oc3c2)c2nc3ccccc3s2)cc1. The number of para-hydroxylation sites is 1. The minimum absolute atomic E-state index is 0.200. The van der Waals surface area contributed by atoms with E-state index in [-0.39, 0.29) is 12.5 Å². The van der Waals surface area contributed by atoms with Gasteiger partial charge in [0.1, 0.15) is 11.3 Å². The van der Waals surface area contributed by atoms with Crippen LogP contribution in [0.5, 0.6) is 5.75 Å². The average Bonchev–Trinajstić information content (AvgIpc) is 3.26. The second-order valence-electron chi connectivity index (χ2n) is 7.46. The first-order chi connectivity index (χ1) is 16.1. The van der Waals surface area contributed by atoms with Crippen LogP contribution in [0.15, 0.2) is 88.1 Å². The topological polar surface area (TPSA) is 72.6 Å². The Balaban J connectivity index is 1.45. The number of thiazole rings is 1. The van der Waals surface area contributed by atoms with Crippen molar-refractivity contribution in [2.45, 2.75) is 13.3 Å². The molecule has 0 bridgehead atoms. The van der Waals surface area contributed by atoms with Gasteiger partial charge in [-0.15, -0.1) is 0 Å². The van der Waals surface area contributed by atoms with Gasteiger partial charge in [0, 0.05) is 17.5 Å². The fourth-order valence-electron chi connectivity index (χ4n) is 3.54. The van der Waals surface area contributed by atoms with Gasteiger partial charge in [-0.05, 0) is 54.4 Å². The first-order valence-electron chi connectivity index (χ1n) is 10.5. The molecule has 3 aromatic carbocycles. The third kappa shape index (κ3) is 4.36. The van der Waals surface area contributed by atoms with Crippen LogP contribution in [0.3, 0.4) is 0 Å². The second-order valence-corrected chi connectivity index (χ2v) is 8.47. The first-order valence-corrected chi connectivity index (χ1v) is 11.4. The molecule has 0 unspecified atom stereocenters. The minimum Gasteiger partial charge on any atom is -0.484 e. The van der Waals surface area contributed by atoms with E-state index >= 15 is 0 Å². The van der Waals surface area contributed by atoms with Gasteiger partial charge in [0.25, 0.3) is 5.91 Å². The van der Waals surface area contributed by atoms with Crippen molar-refractivity contribution in [2.24, 2.45) is 0 Å². The van der Waals surface area contributed by atoms with Gasteiger partial charge < -0.3 is 9.15 Å². The number of carbonyl (C=O) groups excluding carboxylic acids is 1. The number of hydrogen-bond donors (Lipinski definition) is 0. The lowest BCUT2D eigenvalue weighted by Gasteiger charge is -2.20. The molecular formula is C26H20N2O4S. The van der Waals surface area contributed by atoms with Gasteiger partial charge in [0.05, 0.1) is 15.9 Å². The lowest BCUT2D eigenvalue weighted by Crippen LogP contribution is -2.30. The van der Waals surface area contributed by atoms with Crippen LogP contribution in [0.1, 0.15) is 12.5 Å². The summed E-state index contributed by atoms with van der Waals surface area (Å²) in [5, 5.41) is 1.36. The number of rotatable bonds is 6. The Bertz CT molecular complexity index is 1470. The molecule has 0 saturated heterocycles. The van der Waals surface area contributed by atoms with Crippen LogP contribution < -0.4 is 15.3 Å². The van der Waals surface area contributed by atoms with E-state index in [1.165, 1.54) is 23.0 Å². The van der Waals surface area contributed by atoms with Gasteiger partial charge >= 0.3 is 5.63 Å². The molecule has 0 spiro atoms. The molecule has 2 heterocycles. The predicted octanol–water partition coefficient (Wildman–Crippen LogP) is 5.71. The average molecular weight is 457 g/mol. The van der Waals surface area contributed by atoms with Crippen LogP contribution in [-0.2, 0) is 11.2 Å². The van der Waals surface area contributed by atoms with E-state index in [1.807, 2.05) is 48.5 Å². The Hall–Kier alpha value is -3.97. The zero-order valence-corrected chi connectivity index (χ0v) is 18.7. The molecule has 0 aliphatic carbocycles. The molecule has 0 saturated carbocycles. The van der Waals surface area contributed by atoms with Gasteiger partial charge in [0.15, 0.2) is 11.7 Å². The van der Waals surface area contributed by atoms with E-state index < -0.39 is 5.63 Å². The van der Waals surface area contributed by atoms with Gasteiger partial charge in [-0.1, -0.05) is 42.5 Å². The van der Waals surface area contributed by atoms with Crippen molar-refractivity contribution in [3.8, 4) is 5.75 Å². The Morgan fingerprint density at radius 2 is 1.82 bits per heavy atom. The van der Waals surface area contributed by atoms with E-state index in [1.54, 1.807) is 29.2 Å². The molecular weight excluding hydrogens is 436 g/mol. The maximum atomic E-state index is 13.4. The number of amides is 1. The third-order valence-electron chi connectivity index (χ3n) is 5.28. The third-order valence-corrected chi connectivity index (χ3v) is 6.30. The summed E-state index contributed by atoms with van der Waals surface area (Å²) in [4.78, 5) is 31.1. The number of hydrogen-bond acceptors (Lipinski definition) is 6. The summed E-state index contributed by atoms with van der Waals surface area (Å²) < 4.78 is 12.0. The van der Waals surface area contributed by atoms with Gasteiger partial charge in [0.2, 0.25) is 0 Å². The molecule has 0 aliphatic rings. The molecule has 164 valence electrons. The van der Waals surface area contributed by atoms with E-state index in [0.29, 0.717) is 16.5 Å². The predicted molar refractivity (Wildman–Crippen MR) is 131 cm³/mol. The van der Waals surface area contributed by atoms with Crippen molar-refractivity contribution in [1.29, 1.82) is 0 Å². The Morgan fingerprint density at radius 1 is 1.03 bits per heavy atom. The molecule has 6 nitrogen and oxygen atoms in total. The molecule has 0 radical (unpaired) electrons. The summed E-state index contributed by atoms with van der Waals surface area (Å²) in [7, 11) is 0. The van der Waals surface area contributed by atoms with E-state index in [0.717, 1.165) is 27.7 Å². The number of carbonyl (C=O) groups is 1. The fourth-order valence-corrected chi connectivity index (χ4v) is 4.54. The Kier molecular flexibility index (Phi) is 5.62. The minimum atomic E-state index is -0.437. The number of benzene rings is 3. The zero-order valence-electron chi connectivity index (χ0n) is 17.9. The van der Waals surface area contributed by atoms with Crippen LogP contribution in [-0.4, -0.2) is 17.5 Å². The van der Waals surface area contributed by atoms with Crippen LogP contribution in [0.2, 0.25) is 0 Å². The maximum Gasteiger partial charge on any atom is 0.336 e. The van der Waals surface area contributed by atoms with Crippen molar-refractivity contribution < 1.29 is 13.9 Å². The van der Waals surface area contributed by atoms with Crippen LogP contribution in [0.25, 0.3) is 21.2 Å². The number of anilines is 2. The number of aromatic nitrogens is 1. The molecule has 5 aromatic rings. The highest BCUT2D eigenvalue weighted by Gasteiger charge is 2.22. The van der Waals surface area contributed by atoms with E-state index in [2.05, 4.69) is 11.9 Å². The molecule has 2 aromatic heterocycles. The number of fused-ring (bicyclic) bond motifs is 2. The smallest absolute Gasteiger partial charge is 0.336 e.